The third-order valence-corrected chi connectivity index (χ3v) is 3.61. The third-order valence-electron chi connectivity index (χ3n) is 3.30. The van der Waals surface area contributed by atoms with Crippen molar-refractivity contribution >= 4 is 17.3 Å². The zero-order valence-corrected chi connectivity index (χ0v) is 12.5. The van der Waals surface area contributed by atoms with E-state index in [4.69, 9.17) is 17.3 Å². The van der Waals surface area contributed by atoms with Gasteiger partial charge in [-0.1, -0.05) is 23.7 Å². The van der Waals surface area contributed by atoms with Crippen LogP contribution >= 0.6 is 11.6 Å². The molecular formula is C15H14ClN5. The van der Waals surface area contributed by atoms with Crippen molar-refractivity contribution in [1.29, 1.82) is 0 Å². The molecule has 0 unspecified atom stereocenters. The predicted molar refractivity (Wildman–Crippen MR) is 83.5 cm³/mol. The van der Waals surface area contributed by atoms with Crippen LogP contribution in [0.1, 0.15) is 11.1 Å². The molecule has 2 N–H and O–H groups in total. The monoisotopic (exact) mass is 299 g/mol. The van der Waals surface area contributed by atoms with Gasteiger partial charge in [0.1, 0.15) is 0 Å². The summed E-state index contributed by atoms with van der Waals surface area (Å²) >= 11 is 6.31. The number of benzene rings is 2. The fourth-order valence-corrected chi connectivity index (χ4v) is 2.50. The van der Waals surface area contributed by atoms with Crippen LogP contribution in [-0.2, 0) is 0 Å². The second-order valence-electron chi connectivity index (χ2n) is 4.94. The molecule has 0 spiro atoms. The lowest BCUT2D eigenvalue weighted by molar-refractivity contribution is 0.791. The fraction of sp³-hybridized carbons (Fsp3) is 0.133. The van der Waals surface area contributed by atoms with Gasteiger partial charge < -0.3 is 5.73 Å². The van der Waals surface area contributed by atoms with Crippen molar-refractivity contribution in [2.24, 2.45) is 0 Å². The van der Waals surface area contributed by atoms with Crippen LogP contribution < -0.4 is 5.73 Å². The second-order valence-corrected chi connectivity index (χ2v) is 5.35. The number of nitrogens with two attached hydrogens (primary N) is 1. The van der Waals surface area contributed by atoms with Crippen molar-refractivity contribution in [3.63, 3.8) is 0 Å². The highest BCUT2D eigenvalue weighted by Gasteiger charge is 2.15. The van der Waals surface area contributed by atoms with E-state index in [0.717, 1.165) is 22.4 Å². The molecule has 0 saturated heterocycles. The number of aryl methyl sites for hydroxylation is 2. The summed E-state index contributed by atoms with van der Waals surface area (Å²) in [4.78, 5) is 0. The summed E-state index contributed by atoms with van der Waals surface area (Å²) in [5, 5.41) is 12.5. The summed E-state index contributed by atoms with van der Waals surface area (Å²) in [5.41, 5.74) is 10.3. The maximum Gasteiger partial charge on any atom is 0.187 e. The average molecular weight is 300 g/mol. The molecule has 5 nitrogen and oxygen atoms in total. The van der Waals surface area contributed by atoms with E-state index in [-0.39, 0.29) is 0 Å². The molecule has 0 aliphatic carbocycles. The number of halogens is 1. The van der Waals surface area contributed by atoms with Gasteiger partial charge in [-0.15, -0.1) is 5.10 Å². The highest BCUT2D eigenvalue weighted by Crippen LogP contribution is 2.28. The predicted octanol–water partition coefficient (Wildman–Crippen LogP) is 3.18. The number of hydrogen-bond donors (Lipinski definition) is 1. The normalized spacial score (nSPS) is 10.8. The molecule has 0 atom stereocenters. The number of hydrogen-bond acceptors (Lipinski definition) is 4. The number of nitrogens with zero attached hydrogens (tertiary/aromatic N) is 4. The third kappa shape index (κ3) is 2.48. The SMILES string of the molecule is Cc1ccc(-n2nnnc2-c2cc(N)ccc2C)c(Cl)c1. The molecule has 21 heavy (non-hydrogen) atoms. The zero-order valence-electron chi connectivity index (χ0n) is 11.7. The molecule has 6 heteroatoms. The Balaban J connectivity index is 2.19. The van der Waals surface area contributed by atoms with Gasteiger partial charge in [0, 0.05) is 11.3 Å². The lowest BCUT2D eigenvalue weighted by atomic mass is 10.1. The number of aromatic nitrogens is 4. The van der Waals surface area contributed by atoms with E-state index in [9.17, 15) is 0 Å². The molecule has 0 aliphatic rings. The molecule has 0 aliphatic heterocycles. The van der Waals surface area contributed by atoms with Crippen LogP contribution in [0.2, 0.25) is 5.02 Å². The van der Waals surface area contributed by atoms with Crippen LogP contribution in [-0.4, -0.2) is 20.2 Å². The van der Waals surface area contributed by atoms with E-state index in [0.29, 0.717) is 16.5 Å². The Morgan fingerprint density at radius 2 is 1.90 bits per heavy atom. The maximum absolute atomic E-state index is 6.31. The first-order chi connectivity index (χ1) is 10.1. The minimum atomic E-state index is 0.602. The van der Waals surface area contributed by atoms with E-state index in [1.165, 1.54) is 0 Å². The molecule has 1 heterocycles. The number of anilines is 1. The van der Waals surface area contributed by atoms with Crippen molar-refractivity contribution in [3.8, 4) is 17.1 Å². The first-order valence-corrected chi connectivity index (χ1v) is 6.85. The first kappa shape index (κ1) is 13.6. The Bertz CT molecular complexity index is 810. The van der Waals surface area contributed by atoms with Gasteiger partial charge in [0.05, 0.1) is 10.7 Å². The Morgan fingerprint density at radius 3 is 2.67 bits per heavy atom. The lowest BCUT2D eigenvalue weighted by Gasteiger charge is -2.09. The molecule has 0 radical (unpaired) electrons. The summed E-state index contributed by atoms with van der Waals surface area (Å²) in [7, 11) is 0. The molecule has 2 aromatic carbocycles. The largest absolute Gasteiger partial charge is 0.399 e. The Kier molecular flexibility index (Phi) is 3.35. The summed E-state index contributed by atoms with van der Waals surface area (Å²) in [6.07, 6.45) is 0. The van der Waals surface area contributed by atoms with Crippen LogP contribution in [0.25, 0.3) is 17.1 Å². The van der Waals surface area contributed by atoms with Crippen LogP contribution in [0.4, 0.5) is 5.69 Å². The Hall–Kier alpha value is -2.40. The van der Waals surface area contributed by atoms with E-state index in [1.807, 2.05) is 50.2 Å². The zero-order chi connectivity index (χ0) is 15.0. The molecule has 0 fully saturated rings. The molecule has 1 aromatic heterocycles. The summed E-state index contributed by atoms with van der Waals surface area (Å²) < 4.78 is 1.63. The minimum Gasteiger partial charge on any atom is -0.399 e. The first-order valence-electron chi connectivity index (χ1n) is 6.47. The van der Waals surface area contributed by atoms with Gasteiger partial charge in [0.25, 0.3) is 0 Å². The quantitative estimate of drug-likeness (QED) is 0.738. The summed E-state index contributed by atoms with van der Waals surface area (Å²) in [5.74, 6) is 0.616. The topological polar surface area (TPSA) is 69.6 Å². The molecule has 0 bridgehead atoms. The van der Waals surface area contributed by atoms with Gasteiger partial charge in [-0.05, 0) is 59.7 Å². The molecule has 0 amide bonds. The lowest BCUT2D eigenvalue weighted by Crippen LogP contribution is -2.02. The minimum absolute atomic E-state index is 0.602. The standard InChI is InChI=1S/C15H14ClN5/c1-9-3-6-14(13(16)7-9)21-15(18-19-20-21)12-8-11(17)5-4-10(12)2/h3-8H,17H2,1-2H3. The van der Waals surface area contributed by atoms with E-state index in [2.05, 4.69) is 15.5 Å². The molecule has 106 valence electrons. The van der Waals surface area contributed by atoms with Gasteiger partial charge in [-0.2, -0.15) is 4.68 Å². The van der Waals surface area contributed by atoms with Gasteiger partial charge in [-0.25, -0.2) is 0 Å². The summed E-state index contributed by atoms with van der Waals surface area (Å²) in [6.45, 7) is 3.97. The van der Waals surface area contributed by atoms with Crippen molar-refractivity contribution in [2.75, 3.05) is 5.73 Å². The highest BCUT2D eigenvalue weighted by atomic mass is 35.5. The Labute approximate surface area is 127 Å². The van der Waals surface area contributed by atoms with Crippen LogP contribution in [0.5, 0.6) is 0 Å². The van der Waals surface area contributed by atoms with Gasteiger partial charge >= 0.3 is 0 Å². The van der Waals surface area contributed by atoms with Crippen molar-refractivity contribution in [2.45, 2.75) is 13.8 Å². The maximum atomic E-state index is 6.31. The number of nitrogen functional groups attached to an aromatic ring is 1. The van der Waals surface area contributed by atoms with E-state index >= 15 is 0 Å². The molecule has 3 aromatic rings. The molecular weight excluding hydrogens is 286 g/mol. The smallest absolute Gasteiger partial charge is 0.187 e. The van der Waals surface area contributed by atoms with Gasteiger partial charge in [0.15, 0.2) is 5.82 Å². The highest BCUT2D eigenvalue weighted by molar-refractivity contribution is 6.32. The van der Waals surface area contributed by atoms with Crippen LogP contribution in [0.3, 0.4) is 0 Å². The van der Waals surface area contributed by atoms with Crippen LogP contribution in [0.15, 0.2) is 36.4 Å². The molecule has 3 rings (SSSR count). The second kappa shape index (κ2) is 5.18. The fourth-order valence-electron chi connectivity index (χ4n) is 2.18. The summed E-state index contributed by atoms with van der Waals surface area (Å²) in [6, 6.07) is 11.4. The molecule has 0 saturated carbocycles. The van der Waals surface area contributed by atoms with Gasteiger partial charge in [-0.3, -0.25) is 0 Å². The average Bonchev–Trinajstić information content (AvgIpc) is 2.90. The number of tetrazole rings is 1. The number of rotatable bonds is 2. The van der Waals surface area contributed by atoms with E-state index in [1.54, 1.807) is 4.68 Å². The van der Waals surface area contributed by atoms with Crippen LogP contribution in [0, 0.1) is 13.8 Å². The van der Waals surface area contributed by atoms with E-state index < -0.39 is 0 Å². The Morgan fingerprint density at radius 1 is 1.10 bits per heavy atom. The van der Waals surface area contributed by atoms with Crippen molar-refractivity contribution < 1.29 is 0 Å². The van der Waals surface area contributed by atoms with Gasteiger partial charge in [0.2, 0.25) is 0 Å². The van der Waals surface area contributed by atoms with Crippen molar-refractivity contribution in [3.05, 3.63) is 52.5 Å². The van der Waals surface area contributed by atoms with Crippen molar-refractivity contribution in [1.82, 2.24) is 20.2 Å².